The number of imide groups is 1. The number of aromatic nitrogens is 1. The van der Waals surface area contributed by atoms with Crippen LogP contribution < -0.4 is 10.1 Å². The maximum absolute atomic E-state index is 13.2. The van der Waals surface area contributed by atoms with E-state index in [1.54, 1.807) is 25.6 Å². The standard InChI is InChI=1S/C18H16ClN3O3/c1-25-13-3-2-11-4-6-18(14(11)8-13)16(23)22(17(24)21-18)10-12-9-20-7-5-15(12)19/h2-3,5,7-9H,4,6,10H2,1H3,(H,21,24). The monoisotopic (exact) mass is 357 g/mol. The number of rotatable bonds is 3. The molecule has 1 aliphatic heterocycles. The van der Waals surface area contributed by atoms with Gasteiger partial charge in [-0.15, -0.1) is 0 Å². The van der Waals surface area contributed by atoms with E-state index in [4.69, 9.17) is 16.3 Å². The third-order valence-corrected chi connectivity index (χ3v) is 5.26. The number of nitrogens with zero attached hydrogens (tertiary/aromatic N) is 2. The zero-order valence-corrected chi connectivity index (χ0v) is 14.3. The van der Waals surface area contributed by atoms with Crippen molar-refractivity contribution in [3.63, 3.8) is 0 Å². The molecule has 2 aliphatic rings. The van der Waals surface area contributed by atoms with Crippen LogP contribution in [0.15, 0.2) is 36.7 Å². The molecular weight excluding hydrogens is 342 g/mol. The van der Waals surface area contributed by atoms with Gasteiger partial charge < -0.3 is 10.1 Å². The van der Waals surface area contributed by atoms with E-state index in [2.05, 4.69) is 10.3 Å². The smallest absolute Gasteiger partial charge is 0.325 e. The van der Waals surface area contributed by atoms with Gasteiger partial charge in [0, 0.05) is 23.0 Å². The molecule has 1 atom stereocenters. The number of benzene rings is 1. The highest BCUT2D eigenvalue weighted by atomic mass is 35.5. The second-order valence-corrected chi connectivity index (χ2v) is 6.62. The average molecular weight is 358 g/mol. The molecule has 2 aromatic rings. The number of amides is 3. The van der Waals surface area contributed by atoms with Crippen LogP contribution in [0.25, 0.3) is 0 Å². The van der Waals surface area contributed by atoms with Crippen LogP contribution in [0.3, 0.4) is 0 Å². The minimum atomic E-state index is -1.02. The van der Waals surface area contributed by atoms with Gasteiger partial charge in [-0.2, -0.15) is 0 Å². The number of hydrogen-bond acceptors (Lipinski definition) is 4. The number of pyridine rings is 1. The first-order valence-corrected chi connectivity index (χ1v) is 8.33. The maximum atomic E-state index is 13.2. The molecule has 1 saturated heterocycles. The number of aryl methyl sites for hydroxylation is 1. The number of urea groups is 1. The van der Waals surface area contributed by atoms with Crippen LogP contribution in [0.2, 0.25) is 5.02 Å². The second kappa shape index (κ2) is 5.74. The molecule has 1 aromatic heterocycles. The molecule has 2 heterocycles. The number of hydrogen-bond donors (Lipinski definition) is 1. The molecule has 0 radical (unpaired) electrons. The van der Waals surface area contributed by atoms with E-state index >= 15 is 0 Å². The van der Waals surface area contributed by atoms with Gasteiger partial charge >= 0.3 is 6.03 Å². The highest BCUT2D eigenvalue weighted by Crippen LogP contribution is 2.43. The Morgan fingerprint density at radius 3 is 2.96 bits per heavy atom. The average Bonchev–Trinajstić information content (AvgIpc) is 3.09. The summed E-state index contributed by atoms with van der Waals surface area (Å²) in [5.74, 6) is 0.403. The molecule has 1 N–H and O–H groups in total. The van der Waals surface area contributed by atoms with E-state index in [1.165, 1.54) is 4.90 Å². The van der Waals surface area contributed by atoms with Gasteiger partial charge in [-0.05, 0) is 42.2 Å². The lowest BCUT2D eigenvalue weighted by atomic mass is 9.91. The van der Waals surface area contributed by atoms with E-state index in [1.807, 2.05) is 18.2 Å². The summed E-state index contributed by atoms with van der Waals surface area (Å²) in [4.78, 5) is 30.9. The highest BCUT2D eigenvalue weighted by molar-refractivity contribution is 6.31. The minimum absolute atomic E-state index is 0.0956. The summed E-state index contributed by atoms with van der Waals surface area (Å²) in [7, 11) is 1.58. The third-order valence-electron chi connectivity index (χ3n) is 4.89. The fourth-order valence-electron chi connectivity index (χ4n) is 3.57. The fraction of sp³-hybridized carbons (Fsp3) is 0.278. The number of ether oxygens (including phenoxy) is 1. The van der Waals surface area contributed by atoms with Crippen molar-refractivity contribution in [1.82, 2.24) is 15.2 Å². The van der Waals surface area contributed by atoms with Crippen LogP contribution in [0, 0.1) is 0 Å². The van der Waals surface area contributed by atoms with Crippen molar-refractivity contribution in [2.24, 2.45) is 0 Å². The Hall–Kier alpha value is -2.60. The van der Waals surface area contributed by atoms with Crippen molar-refractivity contribution in [2.45, 2.75) is 24.9 Å². The molecule has 1 spiro atoms. The zero-order valence-electron chi connectivity index (χ0n) is 13.6. The lowest BCUT2D eigenvalue weighted by molar-refractivity contribution is -0.132. The predicted octanol–water partition coefficient (Wildman–Crippen LogP) is 2.64. The van der Waals surface area contributed by atoms with Crippen LogP contribution in [-0.4, -0.2) is 28.9 Å². The van der Waals surface area contributed by atoms with E-state index < -0.39 is 11.6 Å². The van der Waals surface area contributed by atoms with Gasteiger partial charge in [0.1, 0.15) is 11.3 Å². The topological polar surface area (TPSA) is 71.5 Å². The summed E-state index contributed by atoms with van der Waals surface area (Å²) in [6.07, 6.45) is 4.41. The van der Waals surface area contributed by atoms with Gasteiger partial charge in [0.25, 0.3) is 5.91 Å². The molecule has 4 rings (SSSR count). The molecule has 6 nitrogen and oxygen atoms in total. The molecule has 0 bridgehead atoms. The Morgan fingerprint density at radius 2 is 2.20 bits per heavy atom. The number of carbonyl (C=O) groups is 2. The van der Waals surface area contributed by atoms with Gasteiger partial charge in [0.2, 0.25) is 0 Å². The third kappa shape index (κ3) is 2.36. The molecule has 1 fully saturated rings. The lowest BCUT2D eigenvalue weighted by Gasteiger charge is -2.23. The van der Waals surface area contributed by atoms with Crippen LogP contribution in [0.5, 0.6) is 5.75 Å². The van der Waals surface area contributed by atoms with E-state index in [-0.39, 0.29) is 12.5 Å². The van der Waals surface area contributed by atoms with Gasteiger partial charge in [-0.3, -0.25) is 14.7 Å². The zero-order chi connectivity index (χ0) is 17.6. The van der Waals surface area contributed by atoms with Gasteiger partial charge in [-0.1, -0.05) is 17.7 Å². The number of nitrogens with one attached hydrogen (secondary N) is 1. The first kappa shape index (κ1) is 15.9. The molecule has 7 heteroatoms. The first-order valence-electron chi connectivity index (χ1n) is 7.95. The van der Waals surface area contributed by atoms with E-state index in [9.17, 15) is 9.59 Å². The maximum Gasteiger partial charge on any atom is 0.325 e. The largest absolute Gasteiger partial charge is 0.497 e. The van der Waals surface area contributed by atoms with Crippen LogP contribution in [-0.2, 0) is 23.3 Å². The lowest BCUT2D eigenvalue weighted by Crippen LogP contribution is -2.41. The summed E-state index contributed by atoms with van der Waals surface area (Å²) in [5.41, 5.74) is 1.48. The fourth-order valence-corrected chi connectivity index (χ4v) is 3.74. The van der Waals surface area contributed by atoms with Crippen LogP contribution in [0.4, 0.5) is 4.79 Å². The van der Waals surface area contributed by atoms with Crippen molar-refractivity contribution in [1.29, 1.82) is 0 Å². The Labute approximate surface area is 149 Å². The molecule has 1 unspecified atom stereocenters. The first-order chi connectivity index (χ1) is 12.0. The van der Waals surface area contributed by atoms with Gasteiger partial charge in [0.15, 0.2) is 0 Å². The van der Waals surface area contributed by atoms with E-state index in [0.29, 0.717) is 22.8 Å². The van der Waals surface area contributed by atoms with Crippen molar-refractivity contribution < 1.29 is 14.3 Å². The molecule has 0 saturated carbocycles. The summed E-state index contributed by atoms with van der Waals surface area (Å²) in [5, 5.41) is 3.37. The molecular formula is C18H16ClN3O3. The molecule has 1 aliphatic carbocycles. The number of methoxy groups -OCH3 is 1. The molecule has 3 amide bonds. The quantitative estimate of drug-likeness (QED) is 0.857. The minimum Gasteiger partial charge on any atom is -0.497 e. The Morgan fingerprint density at radius 1 is 1.36 bits per heavy atom. The van der Waals surface area contributed by atoms with Crippen molar-refractivity contribution in [2.75, 3.05) is 7.11 Å². The SMILES string of the molecule is COc1ccc2c(c1)C1(CC2)NC(=O)N(Cc2cnccc2Cl)C1=O. The number of halogens is 1. The van der Waals surface area contributed by atoms with E-state index in [0.717, 1.165) is 17.5 Å². The molecule has 1 aromatic carbocycles. The normalized spacial score (nSPS) is 21.6. The van der Waals surface area contributed by atoms with Crippen molar-refractivity contribution in [3.05, 3.63) is 58.4 Å². The Bertz CT molecular complexity index is 886. The number of fused-ring (bicyclic) bond motifs is 2. The van der Waals surface area contributed by atoms with Crippen molar-refractivity contribution in [3.8, 4) is 5.75 Å². The van der Waals surface area contributed by atoms with Gasteiger partial charge in [-0.25, -0.2) is 4.79 Å². The Kier molecular flexibility index (Phi) is 3.65. The van der Waals surface area contributed by atoms with Crippen molar-refractivity contribution >= 4 is 23.5 Å². The summed E-state index contributed by atoms with van der Waals surface area (Å²) in [6, 6.07) is 6.87. The Balaban J connectivity index is 1.70. The molecule has 128 valence electrons. The van der Waals surface area contributed by atoms with Gasteiger partial charge in [0.05, 0.1) is 13.7 Å². The molecule has 25 heavy (non-hydrogen) atoms. The summed E-state index contributed by atoms with van der Waals surface area (Å²) in [6.45, 7) is 0.0956. The predicted molar refractivity (Wildman–Crippen MR) is 91.3 cm³/mol. The summed E-state index contributed by atoms with van der Waals surface area (Å²) < 4.78 is 5.28. The highest BCUT2D eigenvalue weighted by Gasteiger charge is 2.55. The van der Waals surface area contributed by atoms with Crippen LogP contribution >= 0.6 is 11.6 Å². The number of carbonyl (C=O) groups excluding carboxylic acids is 2. The summed E-state index contributed by atoms with van der Waals surface area (Å²) >= 11 is 6.14. The second-order valence-electron chi connectivity index (χ2n) is 6.22. The van der Waals surface area contributed by atoms with Crippen LogP contribution in [0.1, 0.15) is 23.1 Å².